The molecular formula is C8H14N2O. The second-order valence-electron chi connectivity index (χ2n) is 3.47. The van der Waals surface area contributed by atoms with E-state index in [1.807, 2.05) is 0 Å². The van der Waals surface area contributed by atoms with Crippen LogP contribution in [0.5, 0.6) is 0 Å². The minimum atomic E-state index is 0.231. The zero-order valence-corrected chi connectivity index (χ0v) is 6.60. The Balaban J connectivity index is 1.98. The van der Waals surface area contributed by atoms with Gasteiger partial charge in [-0.1, -0.05) is 0 Å². The molecule has 2 saturated heterocycles. The molecular weight excluding hydrogens is 140 g/mol. The van der Waals surface area contributed by atoms with Crippen LogP contribution in [-0.4, -0.2) is 25.0 Å². The average molecular weight is 154 g/mol. The van der Waals surface area contributed by atoms with E-state index >= 15 is 0 Å². The molecule has 3 heteroatoms. The number of fused-ring (bicyclic) bond motifs is 1. The van der Waals surface area contributed by atoms with Crippen molar-refractivity contribution in [2.24, 2.45) is 5.92 Å². The Morgan fingerprint density at radius 2 is 2.36 bits per heavy atom. The van der Waals surface area contributed by atoms with Gasteiger partial charge in [-0.2, -0.15) is 0 Å². The fourth-order valence-electron chi connectivity index (χ4n) is 2.04. The highest BCUT2D eigenvalue weighted by Gasteiger charge is 2.30. The molecule has 0 saturated carbocycles. The first-order valence-corrected chi connectivity index (χ1v) is 4.36. The van der Waals surface area contributed by atoms with Crippen molar-refractivity contribution in [3.05, 3.63) is 0 Å². The highest BCUT2D eigenvalue weighted by atomic mass is 16.1. The summed E-state index contributed by atoms with van der Waals surface area (Å²) in [6, 6.07) is 0.557. The number of hydrogen-bond donors (Lipinski definition) is 2. The Morgan fingerprint density at radius 3 is 3.27 bits per heavy atom. The van der Waals surface area contributed by atoms with Gasteiger partial charge in [-0.25, -0.2) is 0 Å². The lowest BCUT2D eigenvalue weighted by Crippen LogP contribution is -2.53. The molecule has 3 nitrogen and oxygen atoms in total. The van der Waals surface area contributed by atoms with Crippen molar-refractivity contribution < 1.29 is 4.79 Å². The standard InChI is InChI=1S/C8H14N2O/c11-8-4-6-2-1-3-9-7(6)5-10-8/h6-7,9H,1-5H2,(H,10,11). The predicted octanol–water partition coefficient (Wildman–Crippen LogP) is -0.126. The van der Waals surface area contributed by atoms with Gasteiger partial charge in [0.15, 0.2) is 0 Å². The van der Waals surface area contributed by atoms with E-state index in [9.17, 15) is 4.79 Å². The first-order valence-electron chi connectivity index (χ1n) is 4.36. The molecule has 2 fully saturated rings. The van der Waals surface area contributed by atoms with Crippen LogP contribution in [0.2, 0.25) is 0 Å². The molecule has 2 N–H and O–H groups in total. The van der Waals surface area contributed by atoms with Gasteiger partial charge in [0.2, 0.25) is 5.91 Å². The number of nitrogens with one attached hydrogen (secondary N) is 2. The van der Waals surface area contributed by atoms with Crippen LogP contribution >= 0.6 is 0 Å². The summed E-state index contributed by atoms with van der Waals surface area (Å²) < 4.78 is 0. The Morgan fingerprint density at radius 1 is 1.45 bits per heavy atom. The van der Waals surface area contributed by atoms with Crippen molar-refractivity contribution in [2.45, 2.75) is 25.3 Å². The van der Waals surface area contributed by atoms with Crippen LogP contribution < -0.4 is 10.6 Å². The van der Waals surface area contributed by atoms with E-state index in [1.54, 1.807) is 0 Å². The zero-order valence-electron chi connectivity index (χ0n) is 6.60. The highest BCUT2D eigenvalue weighted by Crippen LogP contribution is 2.22. The number of hydrogen-bond acceptors (Lipinski definition) is 2. The van der Waals surface area contributed by atoms with Crippen LogP contribution in [0.4, 0.5) is 0 Å². The first-order chi connectivity index (χ1) is 5.36. The second kappa shape index (κ2) is 2.81. The molecule has 0 aromatic carbocycles. The summed E-state index contributed by atoms with van der Waals surface area (Å²) >= 11 is 0. The summed E-state index contributed by atoms with van der Waals surface area (Å²) in [6.07, 6.45) is 3.19. The first kappa shape index (κ1) is 7.10. The molecule has 11 heavy (non-hydrogen) atoms. The third kappa shape index (κ3) is 1.38. The molecule has 62 valence electrons. The van der Waals surface area contributed by atoms with E-state index < -0.39 is 0 Å². The fourth-order valence-corrected chi connectivity index (χ4v) is 2.04. The van der Waals surface area contributed by atoms with Crippen molar-refractivity contribution >= 4 is 5.91 Å². The van der Waals surface area contributed by atoms with Crippen LogP contribution in [-0.2, 0) is 4.79 Å². The van der Waals surface area contributed by atoms with Gasteiger partial charge >= 0.3 is 0 Å². The van der Waals surface area contributed by atoms with Crippen LogP contribution in [0, 0.1) is 5.92 Å². The number of piperidine rings is 2. The van der Waals surface area contributed by atoms with Crippen molar-refractivity contribution in [2.75, 3.05) is 13.1 Å². The maximum absolute atomic E-state index is 11.0. The Kier molecular flexibility index (Phi) is 1.82. The van der Waals surface area contributed by atoms with Crippen molar-refractivity contribution in [1.29, 1.82) is 0 Å². The van der Waals surface area contributed by atoms with E-state index in [-0.39, 0.29) is 5.91 Å². The normalized spacial score (nSPS) is 37.6. The molecule has 0 aromatic heterocycles. The minimum Gasteiger partial charge on any atom is -0.355 e. The molecule has 2 unspecified atom stereocenters. The van der Waals surface area contributed by atoms with Gasteiger partial charge in [0.25, 0.3) is 0 Å². The summed E-state index contributed by atoms with van der Waals surface area (Å²) in [6.45, 7) is 1.96. The number of carbonyl (C=O) groups excluding carboxylic acids is 1. The second-order valence-corrected chi connectivity index (χ2v) is 3.47. The SMILES string of the molecule is O=C1CC2CCCNC2CN1. The lowest BCUT2D eigenvalue weighted by Gasteiger charge is -2.35. The zero-order chi connectivity index (χ0) is 7.68. The average Bonchev–Trinajstić information content (AvgIpc) is 2.04. The van der Waals surface area contributed by atoms with Crippen LogP contribution in [0.15, 0.2) is 0 Å². The smallest absolute Gasteiger partial charge is 0.220 e. The lowest BCUT2D eigenvalue weighted by molar-refractivity contribution is -0.124. The summed E-state index contributed by atoms with van der Waals surface area (Å²) in [5.74, 6) is 0.840. The fraction of sp³-hybridized carbons (Fsp3) is 0.875. The number of carbonyl (C=O) groups is 1. The van der Waals surface area contributed by atoms with E-state index in [1.165, 1.54) is 12.8 Å². The molecule has 2 aliphatic heterocycles. The van der Waals surface area contributed by atoms with Crippen molar-refractivity contribution in [3.63, 3.8) is 0 Å². The van der Waals surface area contributed by atoms with Gasteiger partial charge < -0.3 is 10.6 Å². The Hall–Kier alpha value is -0.570. The van der Waals surface area contributed by atoms with Gasteiger partial charge in [0, 0.05) is 19.0 Å². The molecule has 0 spiro atoms. The van der Waals surface area contributed by atoms with Gasteiger partial charge in [-0.05, 0) is 25.3 Å². The molecule has 2 rings (SSSR count). The lowest BCUT2D eigenvalue weighted by atomic mass is 9.85. The molecule has 2 aliphatic rings. The van der Waals surface area contributed by atoms with Crippen LogP contribution in [0.25, 0.3) is 0 Å². The third-order valence-corrected chi connectivity index (χ3v) is 2.69. The number of rotatable bonds is 0. The van der Waals surface area contributed by atoms with Crippen LogP contribution in [0.3, 0.4) is 0 Å². The minimum absolute atomic E-state index is 0.231. The van der Waals surface area contributed by atoms with Crippen molar-refractivity contribution in [3.8, 4) is 0 Å². The largest absolute Gasteiger partial charge is 0.355 e. The number of amides is 1. The summed E-state index contributed by atoms with van der Waals surface area (Å²) in [5, 5.41) is 6.31. The monoisotopic (exact) mass is 154 g/mol. The quantitative estimate of drug-likeness (QED) is 0.510. The molecule has 0 aromatic rings. The topological polar surface area (TPSA) is 41.1 Å². The Labute approximate surface area is 66.5 Å². The van der Waals surface area contributed by atoms with E-state index in [0.29, 0.717) is 12.0 Å². The molecule has 2 heterocycles. The summed E-state index contributed by atoms with van der Waals surface area (Å²) in [7, 11) is 0. The summed E-state index contributed by atoms with van der Waals surface area (Å²) in [4.78, 5) is 11.0. The summed E-state index contributed by atoms with van der Waals surface area (Å²) in [5.41, 5.74) is 0. The molecule has 0 aliphatic carbocycles. The maximum atomic E-state index is 11.0. The van der Waals surface area contributed by atoms with Crippen molar-refractivity contribution in [1.82, 2.24) is 10.6 Å². The van der Waals surface area contributed by atoms with Crippen LogP contribution in [0.1, 0.15) is 19.3 Å². The Bertz CT molecular complexity index is 169. The molecule has 0 radical (unpaired) electrons. The van der Waals surface area contributed by atoms with Gasteiger partial charge in [-0.3, -0.25) is 4.79 Å². The van der Waals surface area contributed by atoms with Gasteiger partial charge in [-0.15, -0.1) is 0 Å². The maximum Gasteiger partial charge on any atom is 0.220 e. The van der Waals surface area contributed by atoms with E-state index in [2.05, 4.69) is 10.6 Å². The van der Waals surface area contributed by atoms with Gasteiger partial charge in [0.1, 0.15) is 0 Å². The predicted molar refractivity (Wildman–Crippen MR) is 42.1 cm³/mol. The van der Waals surface area contributed by atoms with E-state index in [0.717, 1.165) is 19.5 Å². The highest BCUT2D eigenvalue weighted by molar-refractivity contribution is 5.77. The molecule has 0 bridgehead atoms. The van der Waals surface area contributed by atoms with Gasteiger partial charge in [0.05, 0.1) is 0 Å². The third-order valence-electron chi connectivity index (χ3n) is 2.69. The molecule has 2 atom stereocenters. The van der Waals surface area contributed by atoms with E-state index in [4.69, 9.17) is 0 Å². The molecule has 1 amide bonds.